The lowest BCUT2D eigenvalue weighted by atomic mass is 10.0. The van der Waals surface area contributed by atoms with Crippen molar-refractivity contribution in [2.75, 3.05) is 6.61 Å². The fourth-order valence-corrected chi connectivity index (χ4v) is 1.04. The van der Waals surface area contributed by atoms with Crippen LogP contribution in [0.25, 0.3) is 0 Å². The van der Waals surface area contributed by atoms with Crippen LogP contribution in [0.1, 0.15) is 6.42 Å². The standard InChI is InChI=1S/C6H12O5/c7-2-5-3(8)1-4(9)6(10)11-5/h3-10H,1-2H2/t3-,4+,5+,6?/m0/s1. The second kappa shape index (κ2) is 3.46. The van der Waals surface area contributed by atoms with Crippen molar-refractivity contribution in [2.24, 2.45) is 0 Å². The van der Waals surface area contributed by atoms with Crippen LogP contribution in [-0.2, 0) is 4.74 Å². The molecule has 0 amide bonds. The summed E-state index contributed by atoms with van der Waals surface area (Å²) in [5, 5.41) is 35.5. The third kappa shape index (κ3) is 1.88. The van der Waals surface area contributed by atoms with Crippen LogP contribution in [0, 0.1) is 0 Å². The van der Waals surface area contributed by atoms with E-state index in [0.717, 1.165) is 0 Å². The highest BCUT2D eigenvalue weighted by molar-refractivity contribution is 4.79. The Kier molecular flexibility index (Phi) is 2.80. The van der Waals surface area contributed by atoms with Crippen molar-refractivity contribution < 1.29 is 25.2 Å². The van der Waals surface area contributed by atoms with E-state index < -0.39 is 24.6 Å². The number of aliphatic hydroxyl groups excluding tert-OH is 4. The number of hydrogen-bond acceptors (Lipinski definition) is 5. The summed E-state index contributed by atoms with van der Waals surface area (Å²) in [5.74, 6) is 0. The summed E-state index contributed by atoms with van der Waals surface area (Å²) in [7, 11) is 0. The molecule has 1 aliphatic heterocycles. The van der Waals surface area contributed by atoms with Gasteiger partial charge in [0.2, 0.25) is 0 Å². The van der Waals surface area contributed by atoms with E-state index in [2.05, 4.69) is 4.74 Å². The molecule has 0 aromatic carbocycles. The van der Waals surface area contributed by atoms with Crippen LogP contribution in [0.5, 0.6) is 0 Å². The molecule has 1 fully saturated rings. The summed E-state index contributed by atoms with van der Waals surface area (Å²) in [6.45, 7) is -0.356. The first-order chi connectivity index (χ1) is 5.15. The first kappa shape index (κ1) is 8.89. The average molecular weight is 164 g/mol. The lowest BCUT2D eigenvalue weighted by Crippen LogP contribution is -2.48. The Morgan fingerprint density at radius 2 is 1.82 bits per heavy atom. The van der Waals surface area contributed by atoms with Gasteiger partial charge in [0.25, 0.3) is 0 Å². The fourth-order valence-electron chi connectivity index (χ4n) is 1.04. The zero-order chi connectivity index (χ0) is 8.43. The van der Waals surface area contributed by atoms with Crippen molar-refractivity contribution >= 4 is 0 Å². The summed E-state index contributed by atoms with van der Waals surface area (Å²) in [4.78, 5) is 0. The van der Waals surface area contributed by atoms with Crippen LogP contribution >= 0.6 is 0 Å². The van der Waals surface area contributed by atoms with E-state index in [1.54, 1.807) is 0 Å². The molecule has 4 N–H and O–H groups in total. The van der Waals surface area contributed by atoms with Gasteiger partial charge in [0, 0.05) is 6.42 Å². The largest absolute Gasteiger partial charge is 0.394 e. The molecule has 0 aromatic heterocycles. The summed E-state index contributed by atoms with van der Waals surface area (Å²) in [6, 6.07) is 0. The molecule has 1 unspecified atom stereocenters. The second-order valence-electron chi connectivity index (χ2n) is 2.62. The van der Waals surface area contributed by atoms with Crippen LogP contribution < -0.4 is 0 Å². The minimum absolute atomic E-state index is 0.0341. The quantitative estimate of drug-likeness (QED) is 0.353. The monoisotopic (exact) mass is 164 g/mol. The Morgan fingerprint density at radius 3 is 2.36 bits per heavy atom. The van der Waals surface area contributed by atoms with E-state index in [1.807, 2.05) is 0 Å². The van der Waals surface area contributed by atoms with Crippen LogP contribution in [0.2, 0.25) is 0 Å². The third-order valence-corrected chi connectivity index (χ3v) is 1.74. The highest BCUT2D eigenvalue weighted by atomic mass is 16.6. The molecular weight excluding hydrogens is 152 g/mol. The number of ether oxygens (including phenoxy) is 1. The number of hydrogen-bond donors (Lipinski definition) is 4. The van der Waals surface area contributed by atoms with Crippen molar-refractivity contribution in [3.8, 4) is 0 Å². The zero-order valence-electron chi connectivity index (χ0n) is 5.92. The Morgan fingerprint density at radius 1 is 1.18 bits per heavy atom. The van der Waals surface area contributed by atoms with Gasteiger partial charge in [-0.25, -0.2) is 0 Å². The topological polar surface area (TPSA) is 90.2 Å². The molecule has 0 radical (unpaired) electrons. The predicted octanol–water partition coefficient (Wildman–Crippen LogP) is -2.19. The van der Waals surface area contributed by atoms with Gasteiger partial charge < -0.3 is 25.2 Å². The van der Waals surface area contributed by atoms with Crippen molar-refractivity contribution in [1.82, 2.24) is 0 Å². The highest BCUT2D eigenvalue weighted by Gasteiger charge is 2.34. The van der Waals surface area contributed by atoms with Crippen LogP contribution in [0.3, 0.4) is 0 Å². The van der Waals surface area contributed by atoms with Crippen LogP contribution in [-0.4, -0.2) is 51.6 Å². The third-order valence-electron chi connectivity index (χ3n) is 1.74. The van der Waals surface area contributed by atoms with Gasteiger partial charge in [-0.15, -0.1) is 0 Å². The Balaban J connectivity index is 2.48. The minimum Gasteiger partial charge on any atom is -0.394 e. The number of aliphatic hydroxyl groups is 4. The van der Waals surface area contributed by atoms with Gasteiger partial charge >= 0.3 is 0 Å². The minimum atomic E-state index is -1.30. The molecule has 66 valence electrons. The van der Waals surface area contributed by atoms with E-state index in [0.29, 0.717) is 0 Å². The first-order valence-electron chi connectivity index (χ1n) is 3.45. The van der Waals surface area contributed by atoms with Crippen molar-refractivity contribution in [2.45, 2.75) is 31.0 Å². The predicted molar refractivity (Wildman–Crippen MR) is 34.6 cm³/mol. The maximum atomic E-state index is 9.10. The van der Waals surface area contributed by atoms with Crippen molar-refractivity contribution in [3.05, 3.63) is 0 Å². The van der Waals surface area contributed by atoms with Gasteiger partial charge in [0.05, 0.1) is 12.7 Å². The zero-order valence-corrected chi connectivity index (χ0v) is 5.92. The summed E-state index contributed by atoms with van der Waals surface area (Å²) >= 11 is 0. The van der Waals surface area contributed by atoms with Crippen LogP contribution in [0.15, 0.2) is 0 Å². The van der Waals surface area contributed by atoms with Crippen molar-refractivity contribution in [3.63, 3.8) is 0 Å². The molecule has 0 aliphatic carbocycles. The van der Waals surface area contributed by atoms with Crippen LogP contribution in [0.4, 0.5) is 0 Å². The lowest BCUT2D eigenvalue weighted by Gasteiger charge is -2.33. The second-order valence-corrected chi connectivity index (χ2v) is 2.62. The van der Waals surface area contributed by atoms with Gasteiger partial charge in [-0.05, 0) is 0 Å². The molecule has 11 heavy (non-hydrogen) atoms. The SMILES string of the molecule is OC[C@H]1OC(O)[C@H](O)C[C@@H]1O. The summed E-state index contributed by atoms with van der Waals surface area (Å²) in [6.07, 6.45) is -4.01. The summed E-state index contributed by atoms with van der Waals surface area (Å²) in [5.41, 5.74) is 0. The van der Waals surface area contributed by atoms with Gasteiger partial charge in [0.1, 0.15) is 12.2 Å². The van der Waals surface area contributed by atoms with E-state index in [9.17, 15) is 0 Å². The maximum Gasteiger partial charge on any atom is 0.181 e. The summed E-state index contributed by atoms with van der Waals surface area (Å²) < 4.78 is 4.67. The molecular formula is C6H12O5. The first-order valence-corrected chi connectivity index (χ1v) is 3.45. The van der Waals surface area contributed by atoms with E-state index in [1.165, 1.54) is 0 Å². The molecule has 5 nitrogen and oxygen atoms in total. The molecule has 5 heteroatoms. The van der Waals surface area contributed by atoms with E-state index >= 15 is 0 Å². The van der Waals surface area contributed by atoms with Gasteiger partial charge in [0.15, 0.2) is 6.29 Å². The lowest BCUT2D eigenvalue weighted by molar-refractivity contribution is -0.251. The Labute approximate surface area is 63.8 Å². The van der Waals surface area contributed by atoms with E-state index in [-0.39, 0.29) is 13.0 Å². The van der Waals surface area contributed by atoms with Gasteiger partial charge in [-0.3, -0.25) is 0 Å². The van der Waals surface area contributed by atoms with E-state index in [4.69, 9.17) is 20.4 Å². The molecule has 0 bridgehead atoms. The highest BCUT2D eigenvalue weighted by Crippen LogP contribution is 2.18. The molecule has 0 spiro atoms. The van der Waals surface area contributed by atoms with Gasteiger partial charge in [-0.2, -0.15) is 0 Å². The normalized spacial score (nSPS) is 45.8. The van der Waals surface area contributed by atoms with Gasteiger partial charge in [-0.1, -0.05) is 0 Å². The molecule has 1 rings (SSSR count). The molecule has 4 atom stereocenters. The average Bonchev–Trinajstić information content (AvgIpc) is 1.97. The fraction of sp³-hybridized carbons (Fsp3) is 1.00. The Hall–Kier alpha value is -0.200. The Bertz CT molecular complexity index is 128. The maximum absolute atomic E-state index is 9.10. The van der Waals surface area contributed by atoms with Crippen molar-refractivity contribution in [1.29, 1.82) is 0 Å². The molecule has 1 saturated heterocycles. The molecule has 1 heterocycles. The molecule has 1 aliphatic rings. The smallest absolute Gasteiger partial charge is 0.181 e. The molecule has 0 saturated carbocycles. The molecule has 0 aromatic rings. The number of rotatable bonds is 1.